The molecule has 1 amide bonds. The first kappa shape index (κ1) is 17.8. The summed E-state index contributed by atoms with van der Waals surface area (Å²) in [4.78, 5) is 22.3. The molecule has 1 aliphatic heterocycles. The number of aryl methyl sites for hydroxylation is 1. The zero-order chi connectivity index (χ0) is 17.6. The summed E-state index contributed by atoms with van der Waals surface area (Å²) >= 11 is 1.54. The van der Waals surface area contributed by atoms with Crippen molar-refractivity contribution in [3.05, 3.63) is 48.2 Å². The van der Waals surface area contributed by atoms with Gasteiger partial charge in [-0.25, -0.2) is 4.98 Å². The highest BCUT2D eigenvalue weighted by Gasteiger charge is 2.15. The van der Waals surface area contributed by atoms with Crippen molar-refractivity contribution in [1.29, 1.82) is 0 Å². The monoisotopic (exact) mass is 356 g/mol. The maximum absolute atomic E-state index is 12.1. The van der Waals surface area contributed by atoms with E-state index in [0.717, 1.165) is 42.6 Å². The molecule has 3 rings (SSSR count). The van der Waals surface area contributed by atoms with Crippen LogP contribution in [0.1, 0.15) is 5.56 Å². The Bertz CT molecular complexity index is 694. The Labute approximate surface area is 153 Å². The largest absolute Gasteiger partial charge is 0.354 e. The van der Waals surface area contributed by atoms with Crippen LogP contribution in [0.15, 0.2) is 47.5 Å². The molecule has 0 aliphatic carbocycles. The summed E-state index contributed by atoms with van der Waals surface area (Å²) in [5.74, 6) is 1.35. The van der Waals surface area contributed by atoms with Crippen LogP contribution in [0.2, 0.25) is 0 Å². The summed E-state index contributed by atoms with van der Waals surface area (Å²) in [7, 11) is 2.14. The van der Waals surface area contributed by atoms with Gasteiger partial charge in [0.15, 0.2) is 0 Å². The molecule has 1 saturated heterocycles. The highest BCUT2D eigenvalue weighted by molar-refractivity contribution is 8.00. The average molecular weight is 356 g/mol. The molecule has 1 N–H and O–H groups in total. The van der Waals surface area contributed by atoms with E-state index in [4.69, 9.17) is 0 Å². The van der Waals surface area contributed by atoms with Gasteiger partial charge in [-0.15, -0.1) is 11.8 Å². The van der Waals surface area contributed by atoms with Crippen LogP contribution in [-0.4, -0.2) is 54.8 Å². The van der Waals surface area contributed by atoms with Crippen molar-refractivity contribution >= 4 is 29.2 Å². The molecule has 2 aromatic rings. The van der Waals surface area contributed by atoms with Gasteiger partial charge in [-0.05, 0) is 38.2 Å². The van der Waals surface area contributed by atoms with Gasteiger partial charge in [0.05, 0.1) is 17.6 Å². The van der Waals surface area contributed by atoms with E-state index in [-0.39, 0.29) is 5.91 Å². The second-order valence-corrected chi connectivity index (χ2v) is 7.39. The van der Waals surface area contributed by atoms with E-state index < -0.39 is 0 Å². The van der Waals surface area contributed by atoms with E-state index in [1.165, 1.54) is 17.3 Å². The highest BCUT2D eigenvalue weighted by atomic mass is 32.2. The quantitative estimate of drug-likeness (QED) is 0.835. The van der Waals surface area contributed by atoms with Gasteiger partial charge in [0.1, 0.15) is 5.82 Å². The molecule has 6 heteroatoms. The Kier molecular flexibility index (Phi) is 5.94. The van der Waals surface area contributed by atoms with Gasteiger partial charge in [0.2, 0.25) is 5.91 Å². The van der Waals surface area contributed by atoms with Gasteiger partial charge in [-0.1, -0.05) is 17.7 Å². The minimum Gasteiger partial charge on any atom is -0.354 e. The molecule has 0 saturated carbocycles. The van der Waals surface area contributed by atoms with Gasteiger partial charge in [0.25, 0.3) is 0 Å². The van der Waals surface area contributed by atoms with Crippen LogP contribution in [0.25, 0.3) is 0 Å². The lowest BCUT2D eigenvalue weighted by Gasteiger charge is -2.33. The number of hydrogen-bond acceptors (Lipinski definition) is 5. The fraction of sp³-hybridized carbons (Fsp3) is 0.368. The number of rotatable bonds is 5. The Hall–Kier alpha value is -2.05. The first-order valence-corrected chi connectivity index (χ1v) is 9.47. The van der Waals surface area contributed by atoms with Crippen molar-refractivity contribution in [3.63, 3.8) is 0 Å². The van der Waals surface area contributed by atoms with E-state index in [0.29, 0.717) is 5.75 Å². The van der Waals surface area contributed by atoms with E-state index in [2.05, 4.69) is 46.2 Å². The number of aromatic nitrogens is 1. The first-order valence-electron chi connectivity index (χ1n) is 8.49. The molecule has 5 nitrogen and oxygen atoms in total. The third-order valence-electron chi connectivity index (χ3n) is 4.25. The highest BCUT2D eigenvalue weighted by Crippen LogP contribution is 2.19. The van der Waals surface area contributed by atoms with Crippen LogP contribution < -0.4 is 10.2 Å². The number of thioether (sulfide) groups is 1. The number of nitrogens with zero attached hydrogens (tertiary/aromatic N) is 3. The van der Waals surface area contributed by atoms with Crippen molar-refractivity contribution in [2.45, 2.75) is 11.8 Å². The minimum atomic E-state index is -0.0141. The van der Waals surface area contributed by atoms with Gasteiger partial charge < -0.3 is 15.1 Å². The van der Waals surface area contributed by atoms with Crippen LogP contribution >= 0.6 is 11.8 Å². The minimum absolute atomic E-state index is 0.0141. The summed E-state index contributed by atoms with van der Waals surface area (Å²) in [5, 5.41) is 2.91. The van der Waals surface area contributed by atoms with Crippen LogP contribution in [0.5, 0.6) is 0 Å². The van der Waals surface area contributed by atoms with Crippen molar-refractivity contribution in [2.75, 3.05) is 49.2 Å². The number of anilines is 2. The molecule has 1 aromatic heterocycles. The van der Waals surface area contributed by atoms with E-state index >= 15 is 0 Å². The van der Waals surface area contributed by atoms with Crippen LogP contribution in [0, 0.1) is 6.92 Å². The number of amides is 1. The smallest absolute Gasteiger partial charge is 0.234 e. The molecule has 0 atom stereocenters. The third-order valence-corrected chi connectivity index (χ3v) is 5.26. The third kappa shape index (κ3) is 5.21. The van der Waals surface area contributed by atoms with Crippen molar-refractivity contribution < 1.29 is 4.79 Å². The van der Waals surface area contributed by atoms with Gasteiger partial charge in [0, 0.05) is 31.1 Å². The number of nitrogens with one attached hydrogen (secondary N) is 1. The fourth-order valence-corrected chi connectivity index (χ4v) is 3.36. The molecule has 1 aliphatic rings. The van der Waals surface area contributed by atoms with Crippen molar-refractivity contribution in [2.24, 2.45) is 0 Å². The summed E-state index contributed by atoms with van der Waals surface area (Å²) in [6.07, 6.45) is 1.74. The van der Waals surface area contributed by atoms with Gasteiger partial charge >= 0.3 is 0 Å². The van der Waals surface area contributed by atoms with Crippen molar-refractivity contribution in [3.8, 4) is 0 Å². The van der Waals surface area contributed by atoms with Crippen molar-refractivity contribution in [1.82, 2.24) is 9.88 Å². The molecule has 0 unspecified atom stereocenters. The Balaban J connectivity index is 1.49. The number of benzene rings is 1. The second kappa shape index (κ2) is 8.36. The summed E-state index contributed by atoms with van der Waals surface area (Å²) in [6.45, 7) is 6.14. The topological polar surface area (TPSA) is 48.5 Å². The van der Waals surface area contributed by atoms with E-state index in [9.17, 15) is 4.79 Å². The Morgan fingerprint density at radius 2 is 1.84 bits per heavy atom. The molecule has 1 fully saturated rings. The number of hydrogen-bond donors (Lipinski definition) is 1. The predicted octanol–water partition coefficient (Wildman–Crippen LogP) is 2.87. The molecule has 132 valence electrons. The first-order chi connectivity index (χ1) is 12.1. The summed E-state index contributed by atoms with van der Waals surface area (Å²) in [6, 6.07) is 12.1. The van der Waals surface area contributed by atoms with Crippen LogP contribution in [0.4, 0.5) is 11.5 Å². The number of piperazine rings is 1. The van der Waals surface area contributed by atoms with E-state index in [1.54, 1.807) is 6.20 Å². The zero-order valence-corrected chi connectivity index (χ0v) is 15.6. The second-order valence-electron chi connectivity index (χ2n) is 6.35. The summed E-state index contributed by atoms with van der Waals surface area (Å²) in [5.41, 5.74) is 1.97. The predicted molar refractivity (Wildman–Crippen MR) is 104 cm³/mol. The number of pyridine rings is 1. The molecular weight excluding hydrogens is 332 g/mol. The Morgan fingerprint density at radius 3 is 2.48 bits per heavy atom. The normalized spacial score (nSPS) is 15.2. The van der Waals surface area contributed by atoms with Crippen LogP contribution in [-0.2, 0) is 4.79 Å². The zero-order valence-electron chi connectivity index (χ0n) is 14.7. The molecule has 1 aromatic carbocycles. The maximum Gasteiger partial charge on any atom is 0.234 e. The molecular formula is C19H24N4OS. The molecule has 0 bridgehead atoms. The van der Waals surface area contributed by atoms with Gasteiger partial charge in [-0.3, -0.25) is 4.79 Å². The molecule has 0 spiro atoms. The number of carbonyl (C=O) groups excluding carboxylic acids is 1. The average Bonchev–Trinajstić information content (AvgIpc) is 2.63. The standard InChI is InChI=1S/C19H24N4OS/c1-15-3-6-17(7-4-15)25-14-19(24)21-16-5-8-18(20-13-16)23-11-9-22(2)10-12-23/h3-8,13H,9-12,14H2,1-2H3,(H,21,24). The van der Waals surface area contributed by atoms with E-state index in [1.807, 2.05) is 24.3 Å². The lowest BCUT2D eigenvalue weighted by molar-refractivity contribution is -0.113. The SMILES string of the molecule is Cc1ccc(SCC(=O)Nc2ccc(N3CCN(C)CC3)nc2)cc1. The van der Waals surface area contributed by atoms with Gasteiger partial charge in [-0.2, -0.15) is 0 Å². The molecule has 25 heavy (non-hydrogen) atoms. The Morgan fingerprint density at radius 1 is 1.12 bits per heavy atom. The number of carbonyl (C=O) groups is 1. The maximum atomic E-state index is 12.1. The lowest BCUT2D eigenvalue weighted by Crippen LogP contribution is -2.44. The lowest BCUT2D eigenvalue weighted by atomic mass is 10.2. The fourth-order valence-electron chi connectivity index (χ4n) is 2.66. The summed E-state index contributed by atoms with van der Waals surface area (Å²) < 4.78 is 0. The molecule has 0 radical (unpaired) electrons. The van der Waals surface area contributed by atoms with Crippen LogP contribution in [0.3, 0.4) is 0 Å². The number of likely N-dealkylation sites (N-methyl/N-ethyl adjacent to an activating group) is 1. The molecule has 2 heterocycles.